The van der Waals surface area contributed by atoms with E-state index in [0.29, 0.717) is 28.2 Å². The van der Waals surface area contributed by atoms with Crippen molar-refractivity contribution in [1.29, 1.82) is 0 Å². The molecule has 0 spiro atoms. The van der Waals surface area contributed by atoms with Gasteiger partial charge in [0.25, 0.3) is 5.91 Å². The predicted octanol–water partition coefficient (Wildman–Crippen LogP) is 5.24. The first-order chi connectivity index (χ1) is 13.9. The topological polar surface area (TPSA) is 84.0 Å². The number of nitrogens with one attached hydrogen (secondary N) is 2. The molecule has 0 aliphatic heterocycles. The summed E-state index contributed by atoms with van der Waals surface area (Å²) in [4.78, 5) is 25.4. The number of anilines is 1. The van der Waals surface area contributed by atoms with Gasteiger partial charge in [-0.05, 0) is 49.5 Å². The lowest BCUT2D eigenvalue weighted by molar-refractivity contribution is -0.118. The van der Waals surface area contributed by atoms with Crippen molar-refractivity contribution in [2.75, 3.05) is 17.3 Å². The lowest BCUT2D eigenvalue weighted by Crippen LogP contribution is -2.44. The first kappa shape index (κ1) is 23.9. The molecule has 2 aromatic rings. The van der Waals surface area contributed by atoms with E-state index in [-0.39, 0.29) is 16.5 Å². The maximum Gasteiger partial charge on any atom is 0.253 e. The molecule has 158 valence electrons. The van der Waals surface area contributed by atoms with E-state index >= 15 is 0 Å². The molecule has 0 saturated heterocycles. The third-order valence-electron chi connectivity index (χ3n) is 4.41. The van der Waals surface area contributed by atoms with Gasteiger partial charge in [0.05, 0.1) is 10.6 Å². The minimum Gasteiger partial charge on any atom is -0.340 e. The van der Waals surface area contributed by atoms with Crippen LogP contribution >= 0.6 is 46.3 Å². The van der Waals surface area contributed by atoms with Crippen LogP contribution < -0.4 is 10.6 Å². The van der Waals surface area contributed by atoms with E-state index in [9.17, 15) is 9.59 Å². The quantitative estimate of drug-likeness (QED) is 0.491. The van der Waals surface area contributed by atoms with E-state index in [2.05, 4.69) is 34.7 Å². The van der Waals surface area contributed by atoms with Crippen LogP contribution in [0.2, 0.25) is 10.0 Å². The number of benzene rings is 1. The van der Waals surface area contributed by atoms with Crippen molar-refractivity contribution in [2.24, 2.45) is 0 Å². The van der Waals surface area contributed by atoms with Gasteiger partial charge in [-0.2, -0.15) is 11.8 Å². The molecule has 0 fully saturated rings. The molecule has 6 nitrogen and oxygen atoms in total. The normalized spacial score (nSPS) is 12.1. The Morgan fingerprint density at radius 1 is 1.21 bits per heavy atom. The lowest BCUT2D eigenvalue weighted by Gasteiger charge is -2.17. The zero-order valence-electron chi connectivity index (χ0n) is 16.5. The highest BCUT2D eigenvalue weighted by molar-refractivity contribution is 7.98. The summed E-state index contributed by atoms with van der Waals surface area (Å²) in [7, 11) is 0. The monoisotopic (exact) mass is 474 g/mol. The summed E-state index contributed by atoms with van der Waals surface area (Å²) in [5, 5.41) is 15.8. The van der Waals surface area contributed by atoms with Gasteiger partial charge in [0.2, 0.25) is 11.0 Å². The molecule has 0 radical (unpaired) electrons. The molecule has 2 rings (SSSR count). The Hall–Kier alpha value is -1.35. The van der Waals surface area contributed by atoms with E-state index in [1.165, 1.54) is 23.5 Å². The summed E-state index contributed by atoms with van der Waals surface area (Å²) in [6.07, 6.45) is 4.35. The number of carbonyl (C=O) groups excluding carboxylic acids is 2. The zero-order valence-corrected chi connectivity index (χ0v) is 19.6. The van der Waals surface area contributed by atoms with Crippen molar-refractivity contribution in [1.82, 2.24) is 15.5 Å². The minimum absolute atomic E-state index is 0.234. The maximum absolute atomic E-state index is 12.8. The van der Waals surface area contributed by atoms with Crippen LogP contribution in [0.4, 0.5) is 5.13 Å². The van der Waals surface area contributed by atoms with Crippen LogP contribution in [0.15, 0.2) is 18.2 Å². The number of hydrogen-bond donors (Lipinski definition) is 2. The fraction of sp³-hybridized carbons (Fsp3) is 0.474. The summed E-state index contributed by atoms with van der Waals surface area (Å²) < 4.78 is 0. The Labute approximate surface area is 189 Å². The molecular formula is C19H24Cl2N4O2S2. The molecule has 2 amide bonds. The van der Waals surface area contributed by atoms with Gasteiger partial charge in [-0.15, -0.1) is 10.2 Å². The van der Waals surface area contributed by atoms with Gasteiger partial charge in [-0.3, -0.25) is 14.9 Å². The minimum atomic E-state index is -0.720. The largest absolute Gasteiger partial charge is 0.340 e. The summed E-state index contributed by atoms with van der Waals surface area (Å²) >= 11 is 15.0. The number of thioether (sulfide) groups is 1. The van der Waals surface area contributed by atoms with Gasteiger partial charge in [0.15, 0.2) is 0 Å². The number of nitrogens with zero attached hydrogens (tertiary/aromatic N) is 2. The zero-order chi connectivity index (χ0) is 21.4. The summed E-state index contributed by atoms with van der Waals surface area (Å²) in [6, 6.07) is 3.90. The van der Waals surface area contributed by atoms with Crippen molar-refractivity contribution in [3.63, 3.8) is 0 Å². The van der Waals surface area contributed by atoms with Crippen molar-refractivity contribution < 1.29 is 9.59 Å². The second kappa shape index (κ2) is 11.7. The first-order valence-corrected chi connectivity index (χ1v) is 12.2. The lowest BCUT2D eigenvalue weighted by atomic mass is 10.1. The second-order valence-corrected chi connectivity index (χ2v) is 9.22. The molecular weight excluding hydrogens is 451 g/mol. The molecule has 0 aliphatic rings. The molecule has 10 heteroatoms. The third kappa shape index (κ3) is 6.84. The smallest absolute Gasteiger partial charge is 0.253 e. The van der Waals surface area contributed by atoms with Crippen LogP contribution in [0.5, 0.6) is 0 Å². The SMILES string of the molecule is CCC(CC)c1nnc(NC(=O)C(CCSC)NC(=O)c2ccc(Cl)cc2Cl)s1. The Balaban J connectivity index is 2.10. The van der Waals surface area contributed by atoms with E-state index in [1.807, 2.05) is 6.26 Å². The molecule has 1 heterocycles. The molecule has 1 unspecified atom stereocenters. The average Bonchev–Trinajstić information content (AvgIpc) is 3.14. The van der Waals surface area contributed by atoms with Crippen molar-refractivity contribution in [2.45, 2.75) is 45.1 Å². The molecule has 0 saturated carbocycles. The highest BCUT2D eigenvalue weighted by atomic mass is 35.5. The predicted molar refractivity (Wildman–Crippen MR) is 123 cm³/mol. The number of amides is 2. The van der Waals surface area contributed by atoms with Crippen LogP contribution in [0.25, 0.3) is 0 Å². The van der Waals surface area contributed by atoms with Gasteiger partial charge in [0, 0.05) is 10.9 Å². The third-order valence-corrected chi connectivity index (χ3v) is 6.61. The Bertz CT molecular complexity index is 843. The molecule has 1 atom stereocenters. The van der Waals surface area contributed by atoms with E-state index in [0.717, 1.165) is 17.8 Å². The Kier molecular flexibility index (Phi) is 9.68. The van der Waals surface area contributed by atoms with Gasteiger partial charge < -0.3 is 5.32 Å². The van der Waals surface area contributed by atoms with Crippen LogP contribution in [0.3, 0.4) is 0 Å². The molecule has 2 N–H and O–H groups in total. The standard InChI is InChI=1S/C19H24Cl2N4O2S2/c1-4-11(5-2)18-24-25-19(29-18)23-17(27)15(8-9-28-3)22-16(26)13-7-6-12(20)10-14(13)21/h6-7,10-11,15H,4-5,8-9H2,1-3H3,(H,22,26)(H,23,25,27). The van der Waals surface area contributed by atoms with Gasteiger partial charge in [-0.1, -0.05) is 48.4 Å². The first-order valence-electron chi connectivity index (χ1n) is 9.28. The number of hydrogen-bond acceptors (Lipinski definition) is 6. The maximum atomic E-state index is 12.8. The highest BCUT2D eigenvalue weighted by Gasteiger charge is 2.24. The Morgan fingerprint density at radius 2 is 1.93 bits per heavy atom. The molecule has 0 bridgehead atoms. The van der Waals surface area contributed by atoms with Crippen LogP contribution in [-0.4, -0.2) is 40.1 Å². The number of aromatic nitrogens is 2. The van der Waals surface area contributed by atoms with Crippen LogP contribution in [-0.2, 0) is 4.79 Å². The Morgan fingerprint density at radius 3 is 2.55 bits per heavy atom. The summed E-state index contributed by atoms with van der Waals surface area (Å²) in [5.74, 6) is 0.284. The highest BCUT2D eigenvalue weighted by Crippen LogP contribution is 2.28. The van der Waals surface area contributed by atoms with E-state index in [1.54, 1.807) is 17.8 Å². The molecule has 1 aromatic heterocycles. The van der Waals surface area contributed by atoms with Gasteiger partial charge >= 0.3 is 0 Å². The van der Waals surface area contributed by atoms with E-state index in [4.69, 9.17) is 23.2 Å². The van der Waals surface area contributed by atoms with Gasteiger partial charge in [-0.25, -0.2) is 0 Å². The molecule has 0 aliphatic carbocycles. The summed E-state index contributed by atoms with van der Waals surface area (Å²) in [6.45, 7) is 4.20. The fourth-order valence-corrected chi connectivity index (χ4v) is 4.67. The number of carbonyl (C=O) groups is 2. The molecule has 1 aromatic carbocycles. The van der Waals surface area contributed by atoms with Crippen LogP contribution in [0, 0.1) is 0 Å². The number of halogens is 2. The molecule has 29 heavy (non-hydrogen) atoms. The van der Waals surface area contributed by atoms with Crippen molar-refractivity contribution in [3.8, 4) is 0 Å². The van der Waals surface area contributed by atoms with Gasteiger partial charge in [0.1, 0.15) is 11.0 Å². The van der Waals surface area contributed by atoms with E-state index < -0.39 is 11.9 Å². The second-order valence-electron chi connectivity index (χ2n) is 6.38. The van der Waals surface area contributed by atoms with Crippen LogP contribution in [0.1, 0.15) is 54.4 Å². The summed E-state index contributed by atoms with van der Waals surface area (Å²) in [5.41, 5.74) is 0.268. The van der Waals surface area contributed by atoms with Crippen molar-refractivity contribution in [3.05, 3.63) is 38.8 Å². The fourth-order valence-electron chi connectivity index (χ4n) is 2.69. The van der Waals surface area contributed by atoms with Crippen molar-refractivity contribution >= 4 is 63.2 Å². The number of rotatable bonds is 10. The average molecular weight is 475 g/mol.